The number of nitrogens with one attached hydrogen (secondary N) is 1. The third-order valence-electron chi connectivity index (χ3n) is 4.60. The van der Waals surface area contributed by atoms with Gasteiger partial charge < -0.3 is 10.2 Å². The van der Waals surface area contributed by atoms with Crippen molar-refractivity contribution in [3.05, 3.63) is 35.4 Å². The number of rotatable bonds is 6. The van der Waals surface area contributed by atoms with E-state index in [1.165, 1.54) is 24.1 Å². The molecule has 0 aromatic heterocycles. The van der Waals surface area contributed by atoms with Gasteiger partial charge in [0, 0.05) is 19.0 Å². The maximum Gasteiger partial charge on any atom is 0.220 e. The molecule has 1 aromatic rings. The van der Waals surface area contributed by atoms with E-state index >= 15 is 0 Å². The summed E-state index contributed by atoms with van der Waals surface area (Å²) in [5.41, 5.74) is 2.61. The SMILES string of the molecule is CCN1CCC[C@H](NC(=O)CCc2ccc(C(C)C)cc2)C1. The number of aryl methyl sites for hydroxylation is 1. The fourth-order valence-electron chi connectivity index (χ4n) is 3.09. The highest BCUT2D eigenvalue weighted by atomic mass is 16.1. The molecular formula is C19H30N2O. The number of carbonyl (C=O) groups excluding carboxylic acids is 1. The van der Waals surface area contributed by atoms with Crippen LogP contribution < -0.4 is 5.32 Å². The summed E-state index contributed by atoms with van der Waals surface area (Å²) in [6.07, 6.45) is 3.72. The van der Waals surface area contributed by atoms with E-state index < -0.39 is 0 Å². The van der Waals surface area contributed by atoms with Crippen LogP contribution in [0.15, 0.2) is 24.3 Å². The molecule has 1 atom stereocenters. The van der Waals surface area contributed by atoms with Crippen molar-refractivity contribution in [3.63, 3.8) is 0 Å². The lowest BCUT2D eigenvalue weighted by Crippen LogP contribution is -2.47. The maximum atomic E-state index is 12.1. The summed E-state index contributed by atoms with van der Waals surface area (Å²) in [5.74, 6) is 0.751. The van der Waals surface area contributed by atoms with Gasteiger partial charge in [-0.3, -0.25) is 4.79 Å². The Morgan fingerprint density at radius 3 is 2.68 bits per heavy atom. The molecule has 1 aliphatic rings. The zero-order chi connectivity index (χ0) is 15.9. The highest BCUT2D eigenvalue weighted by molar-refractivity contribution is 5.76. The molecule has 1 fully saturated rings. The minimum absolute atomic E-state index is 0.191. The fraction of sp³-hybridized carbons (Fsp3) is 0.632. The van der Waals surface area contributed by atoms with Crippen LogP contribution in [0.2, 0.25) is 0 Å². The Balaban J connectivity index is 1.75. The van der Waals surface area contributed by atoms with Gasteiger partial charge in [0.15, 0.2) is 0 Å². The summed E-state index contributed by atoms with van der Waals surface area (Å²) in [5, 5.41) is 3.20. The lowest BCUT2D eigenvalue weighted by Gasteiger charge is -2.32. The quantitative estimate of drug-likeness (QED) is 0.874. The van der Waals surface area contributed by atoms with E-state index in [4.69, 9.17) is 0 Å². The third-order valence-corrected chi connectivity index (χ3v) is 4.60. The second kappa shape index (κ2) is 8.33. The van der Waals surface area contributed by atoms with Crippen molar-refractivity contribution in [2.75, 3.05) is 19.6 Å². The zero-order valence-corrected chi connectivity index (χ0v) is 14.3. The lowest BCUT2D eigenvalue weighted by molar-refractivity contribution is -0.122. The normalized spacial score (nSPS) is 19.4. The monoisotopic (exact) mass is 302 g/mol. The molecule has 1 N–H and O–H groups in total. The molecule has 1 aliphatic heterocycles. The van der Waals surface area contributed by atoms with Gasteiger partial charge in [-0.25, -0.2) is 0 Å². The minimum Gasteiger partial charge on any atom is -0.352 e. The Morgan fingerprint density at radius 2 is 2.05 bits per heavy atom. The summed E-state index contributed by atoms with van der Waals surface area (Å²) in [7, 11) is 0. The van der Waals surface area contributed by atoms with Gasteiger partial charge in [-0.05, 0) is 49.4 Å². The van der Waals surface area contributed by atoms with Crippen molar-refractivity contribution in [1.29, 1.82) is 0 Å². The first kappa shape index (κ1) is 17.0. The number of piperidine rings is 1. The number of carbonyl (C=O) groups is 1. The molecule has 122 valence electrons. The molecule has 0 aliphatic carbocycles. The van der Waals surface area contributed by atoms with E-state index in [1.54, 1.807) is 0 Å². The van der Waals surface area contributed by atoms with Gasteiger partial charge in [0.1, 0.15) is 0 Å². The van der Waals surface area contributed by atoms with Crippen LogP contribution in [0.25, 0.3) is 0 Å². The van der Waals surface area contributed by atoms with E-state index in [0.29, 0.717) is 18.4 Å². The summed E-state index contributed by atoms with van der Waals surface area (Å²) in [6, 6.07) is 9.00. The lowest BCUT2D eigenvalue weighted by atomic mass is 10.00. The number of hydrogen-bond donors (Lipinski definition) is 1. The zero-order valence-electron chi connectivity index (χ0n) is 14.3. The Morgan fingerprint density at radius 1 is 1.32 bits per heavy atom. The van der Waals surface area contributed by atoms with Crippen LogP contribution in [0, 0.1) is 0 Å². The number of amides is 1. The predicted octanol–water partition coefficient (Wildman–Crippen LogP) is 3.34. The van der Waals surface area contributed by atoms with Crippen LogP contribution in [0.5, 0.6) is 0 Å². The van der Waals surface area contributed by atoms with Crippen LogP contribution in [0.3, 0.4) is 0 Å². The number of likely N-dealkylation sites (N-methyl/N-ethyl adjacent to an activating group) is 1. The molecule has 22 heavy (non-hydrogen) atoms. The molecule has 3 nitrogen and oxygen atoms in total. The molecule has 0 radical (unpaired) electrons. The van der Waals surface area contributed by atoms with Crippen LogP contribution in [-0.4, -0.2) is 36.5 Å². The van der Waals surface area contributed by atoms with Gasteiger partial charge in [-0.2, -0.15) is 0 Å². The molecule has 2 rings (SSSR count). The molecule has 1 aromatic carbocycles. The van der Waals surface area contributed by atoms with Crippen LogP contribution in [-0.2, 0) is 11.2 Å². The number of likely N-dealkylation sites (tertiary alicyclic amines) is 1. The van der Waals surface area contributed by atoms with E-state index in [-0.39, 0.29) is 5.91 Å². The smallest absolute Gasteiger partial charge is 0.220 e. The van der Waals surface area contributed by atoms with Gasteiger partial charge in [0.25, 0.3) is 0 Å². The van der Waals surface area contributed by atoms with Crippen molar-refractivity contribution in [3.8, 4) is 0 Å². The van der Waals surface area contributed by atoms with Crippen molar-refractivity contribution in [1.82, 2.24) is 10.2 Å². The molecule has 0 spiro atoms. The van der Waals surface area contributed by atoms with E-state index in [9.17, 15) is 4.79 Å². The topological polar surface area (TPSA) is 32.3 Å². The van der Waals surface area contributed by atoms with E-state index in [0.717, 1.165) is 25.9 Å². The maximum absolute atomic E-state index is 12.1. The van der Waals surface area contributed by atoms with Gasteiger partial charge >= 0.3 is 0 Å². The van der Waals surface area contributed by atoms with Crippen LogP contribution in [0.4, 0.5) is 0 Å². The van der Waals surface area contributed by atoms with Crippen LogP contribution in [0.1, 0.15) is 57.1 Å². The minimum atomic E-state index is 0.191. The largest absolute Gasteiger partial charge is 0.352 e. The highest BCUT2D eigenvalue weighted by Gasteiger charge is 2.19. The summed E-state index contributed by atoms with van der Waals surface area (Å²) in [6.45, 7) is 9.84. The second-order valence-electron chi connectivity index (χ2n) is 6.70. The molecule has 3 heteroatoms. The Bertz CT molecular complexity index is 467. The first-order valence-corrected chi connectivity index (χ1v) is 8.69. The predicted molar refractivity (Wildman–Crippen MR) is 92.1 cm³/mol. The average Bonchev–Trinajstić information content (AvgIpc) is 2.53. The molecule has 1 amide bonds. The molecule has 0 saturated carbocycles. The van der Waals surface area contributed by atoms with Crippen molar-refractivity contribution in [2.45, 2.75) is 58.4 Å². The Hall–Kier alpha value is -1.35. The molecule has 1 saturated heterocycles. The summed E-state index contributed by atoms with van der Waals surface area (Å²) in [4.78, 5) is 14.5. The van der Waals surface area contributed by atoms with Crippen molar-refractivity contribution >= 4 is 5.91 Å². The first-order valence-electron chi connectivity index (χ1n) is 8.69. The third kappa shape index (κ3) is 5.13. The standard InChI is InChI=1S/C19H30N2O/c1-4-21-13-5-6-18(14-21)20-19(22)12-9-16-7-10-17(11-8-16)15(2)3/h7-8,10-11,15,18H,4-6,9,12-14H2,1-3H3,(H,20,22)/t18-/m0/s1. The fourth-order valence-corrected chi connectivity index (χ4v) is 3.09. The van der Waals surface area contributed by atoms with Gasteiger partial charge in [0.2, 0.25) is 5.91 Å². The van der Waals surface area contributed by atoms with Crippen molar-refractivity contribution in [2.24, 2.45) is 0 Å². The average molecular weight is 302 g/mol. The van der Waals surface area contributed by atoms with Crippen LogP contribution >= 0.6 is 0 Å². The highest BCUT2D eigenvalue weighted by Crippen LogP contribution is 2.15. The van der Waals surface area contributed by atoms with Gasteiger partial charge in [-0.15, -0.1) is 0 Å². The van der Waals surface area contributed by atoms with Gasteiger partial charge in [-0.1, -0.05) is 45.0 Å². The molecular weight excluding hydrogens is 272 g/mol. The first-order chi connectivity index (χ1) is 10.6. The van der Waals surface area contributed by atoms with E-state index in [1.807, 2.05) is 0 Å². The number of hydrogen-bond acceptors (Lipinski definition) is 2. The molecule has 0 bridgehead atoms. The second-order valence-corrected chi connectivity index (χ2v) is 6.70. The Labute approximate surface area is 135 Å². The molecule has 0 unspecified atom stereocenters. The summed E-state index contributed by atoms with van der Waals surface area (Å²) >= 11 is 0. The Kier molecular flexibility index (Phi) is 6.44. The van der Waals surface area contributed by atoms with E-state index in [2.05, 4.69) is 55.3 Å². The molecule has 1 heterocycles. The number of benzene rings is 1. The number of nitrogens with zero attached hydrogens (tertiary/aromatic N) is 1. The van der Waals surface area contributed by atoms with Crippen molar-refractivity contribution < 1.29 is 4.79 Å². The van der Waals surface area contributed by atoms with Gasteiger partial charge in [0.05, 0.1) is 0 Å². The summed E-state index contributed by atoms with van der Waals surface area (Å²) < 4.78 is 0.